The number of carbonyl (C=O) groups is 1. The number of pyridine rings is 1. The Labute approximate surface area is 190 Å². The van der Waals surface area contributed by atoms with Gasteiger partial charge in [-0.25, -0.2) is 4.98 Å². The number of nitro groups is 1. The lowest BCUT2D eigenvalue weighted by Gasteiger charge is -2.11. The van der Waals surface area contributed by atoms with E-state index in [9.17, 15) is 23.3 Å². The fraction of sp³-hybridized carbons (Fsp3) is 0.182. The molecule has 172 valence electrons. The molecule has 0 saturated carbocycles. The topological polar surface area (TPSA) is 138 Å². The molecule has 0 atom stereocenters. The summed E-state index contributed by atoms with van der Waals surface area (Å²) in [5.74, 6) is 0.0312. The van der Waals surface area contributed by atoms with Crippen LogP contribution in [0.4, 0.5) is 5.69 Å². The zero-order valence-electron chi connectivity index (χ0n) is 17.6. The van der Waals surface area contributed by atoms with E-state index < -0.39 is 15.0 Å². The minimum absolute atomic E-state index is 0.0411. The molecule has 1 heterocycles. The first-order chi connectivity index (χ1) is 15.8. The second-order valence-corrected chi connectivity index (χ2v) is 8.36. The lowest BCUT2D eigenvalue weighted by molar-refractivity contribution is -0.385. The summed E-state index contributed by atoms with van der Waals surface area (Å²) in [5.41, 5.74) is 0.640. The quantitative estimate of drug-likeness (QED) is 0.269. The van der Waals surface area contributed by atoms with Gasteiger partial charge in [-0.3, -0.25) is 14.9 Å². The number of benzene rings is 2. The molecule has 0 aliphatic heterocycles. The fourth-order valence-electron chi connectivity index (χ4n) is 2.75. The fourth-order valence-corrected chi connectivity index (χ4v) is 3.73. The van der Waals surface area contributed by atoms with Gasteiger partial charge in [0.05, 0.1) is 11.5 Å². The molecule has 0 fully saturated rings. The zero-order chi connectivity index (χ0) is 23.8. The van der Waals surface area contributed by atoms with E-state index >= 15 is 0 Å². The van der Waals surface area contributed by atoms with E-state index in [1.807, 2.05) is 6.92 Å². The van der Waals surface area contributed by atoms with Gasteiger partial charge >= 0.3 is 10.1 Å². The molecule has 0 aliphatic rings. The molecular formula is C22H21N3O7S. The molecule has 11 heteroatoms. The van der Waals surface area contributed by atoms with Crippen LogP contribution in [0.15, 0.2) is 71.8 Å². The van der Waals surface area contributed by atoms with Gasteiger partial charge in [0.1, 0.15) is 10.6 Å². The van der Waals surface area contributed by atoms with E-state index in [2.05, 4.69) is 10.3 Å². The highest BCUT2D eigenvalue weighted by molar-refractivity contribution is 7.87. The maximum absolute atomic E-state index is 12.5. The number of nitrogens with zero attached hydrogens (tertiary/aromatic N) is 2. The Kier molecular flexibility index (Phi) is 7.57. The Morgan fingerprint density at radius 3 is 2.58 bits per heavy atom. The first-order valence-electron chi connectivity index (χ1n) is 9.94. The van der Waals surface area contributed by atoms with Crippen LogP contribution in [0.3, 0.4) is 0 Å². The van der Waals surface area contributed by atoms with Crippen LogP contribution in [0.2, 0.25) is 0 Å². The van der Waals surface area contributed by atoms with E-state index in [-0.39, 0.29) is 34.3 Å². The van der Waals surface area contributed by atoms with Gasteiger partial charge in [0.15, 0.2) is 0 Å². The van der Waals surface area contributed by atoms with Crippen LogP contribution in [-0.4, -0.2) is 30.8 Å². The summed E-state index contributed by atoms with van der Waals surface area (Å²) in [4.78, 5) is 26.5. The average Bonchev–Trinajstić information content (AvgIpc) is 2.82. The number of carbonyl (C=O) groups excluding carboxylic acids is 1. The largest absolute Gasteiger partial charge is 0.477 e. The predicted octanol–water partition coefficient (Wildman–Crippen LogP) is 3.48. The summed E-state index contributed by atoms with van der Waals surface area (Å²) in [6.07, 6.45) is 2.43. The number of rotatable bonds is 10. The number of ether oxygens (including phenoxy) is 1. The average molecular weight is 471 g/mol. The van der Waals surface area contributed by atoms with Crippen molar-refractivity contribution in [3.63, 3.8) is 0 Å². The number of nitrogens with one attached hydrogen (secondary N) is 1. The molecule has 1 aromatic heterocycles. The van der Waals surface area contributed by atoms with E-state index in [0.717, 1.165) is 18.1 Å². The molecule has 0 unspecified atom stereocenters. The Morgan fingerprint density at radius 1 is 1.12 bits per heavy atom. The number of aromatic nitrogens is 1. The molecule has 1 amide bonds. The van der Waals surface area contributed by atoms with Crippen LogP contribution >= 0.6 is 0 Å². The maximum Gasteiger partial charge on any atom is 0.339 e. The molecule has 0 aliphatic carbocycles. The molecule has 10 nitrogen and oxygen atoms in total. The van der Waals surface area contributed by atoms with Crippen molar-refractivity contribution >= 4 is 21.7 Å². The summed E-state index contributed by atoms with van der Waals surface area (Å²) >= 11 is 0. The van der Waals surface area contributed by atoms with E-state index in [1.165, 1.54) is 42.5 Å². The van der Waals surface area contributed by atoms with Crippen molar-refractivity contribution in [2.24, 2.45) is 0 Å². The Bertz CT molecular complexity index is 1240. The van der Waals surface area contributed by atoms with E-state index in [1.54, 1.807) is 18.3 Å². The maximum atomic E-state index is 12.5. The Morgan fingerprint density at radius 2 is 1.88 bits per heavy atom. The van der Waals surface area contributed by atoms with Gasteiger partial charge in [0, 0.05) is 36.0 Å². The summed E-state index contributed by atoms with van der Waals surface area (Å²) < 4.78 is 35.4. The molecular weight excluding hydrogens is 450 g/mol. The van der Waals surface area contributed by atoms with Crippen molar-refractivity contribution in [1.29, 1.82) is 0 Å². The molecule has 1 N–H and O–H groups in total. The second-order valence-electron chi connectivity index (χ2n) is 6.82. The molecule has 3 aromatic rings. The zero-order valence-corrected chi connectivity index (χ0v) is 18.4. The standard InChI is InChI=1S/C22H21N3O7S/c1-2-13-31-22-17(5-4-12-23-22)15-24-21(26)16-8-10-19(11-9-16)32-33(29,30)20-7-3-6-18(14-20)25(27)28/h3-12,14H,2,13,15H2,1H3,(H,24,26). The third-order valence-corrected chi connectivity index (χ3v) is 5.61. The predicted molar refractivity (Wildman–Crippen MR) is 119 cm³/mol. The minimum Gasteiger partial charge on any atom is -0.477 e. The summed E-state index contributed by atoms with van der Waals surface area (Å²) in [7, 11) is -4.29. The van der Waals surface area contributed by atoms with E-state index in [0.29, 0.717) is 12.5 Å². The third kappa shape index (κ3) is 6.26. The van der Waals surface area contributed by atoms with Crippen molar-refractivity contribution in [3.05, 3.63) is 88.1 Å². The van der Waals surface area contributed by atoms with Gasteiger partial charge in [-0.05, 0) is 42.8 Å². The summed E-state index contributed by atoms with van der Waals surface area (Å²) in [6, 6.07) is 13.5. The lowest BCUT2D eigenvalue weighted by atomic mass is 10.2. The highest BCUT2D eigenvalue weighted by Gasteiger charge is 2.20. The lowest BCUT2D eigenvalue weighted by Crippen LogP contribution is -2.23. The molecule has 0 bridgehead atoms. The van der Waals surface area contributed by atoms with Gasteiger partial charge in [-0.1, -0.05) is 19.1 Å². The van der Waals surface area contributed by atoms with Crippen molar-refractivity contribution in [2.75, 3.05) is 6.61 Å². The Hall–Kier alpha value is -3.99. The number of amides is 1. The number of nitro benzene ring substituents is 1. The molecule has 3 rings (SSSR count). The van der Waals surface area contributed by atoms with Crippen molar-refractivity contribution in [3.8, 4) is 11.6 Å². The van der Waals surface area contributed by atoms with Crippen molar-refractivity contribution in [2.45, 2.75) is 24.8 Å². The first kappa shape index (κ1) is 23.7. The van der Waals surface area contributed by atoms with Crippen LogP contribution in [0.1, 0.15) is 29.3 Å². The molecule has 0 radical (unpaired) electrons. The van der Waals surface area contributed by atoms with Crippen molar-refractivity contribution in [1.82, 2.24) is 10.3 Å². The SMILES string of the molecule is CCCOc1ncccc1CNC(=O)c1ccc(OS(=O)(=O)c2cccc([N+](=O)[O-])c2)cc1. The van der Waals surface area contributed by atoms with Crippen LogP contribution in [0.25, 0.3) is 0 Å². The minimum atomic E-state index is -4.29. The van der Waals surface area contributed by atoms with Gasteiger partial charge in [0.2, 0.25) is 5.88 Å². The smallest absolute Gasteiger partial charge is 0.339 e. The number of hydrogen-bond donors (Lipinski definition) is 1. The van der Waals surface area contributed by atoms with E-state index in [4.69, 9.17) is 8.92 Å². The van der Waals surface area contributed by atoms with Crippen LogP contribution in [0.5, 0.6) is 11.6 Å². The number of non-ortho nitro benzene ring substituents is 1. The van der Waals surface area contributed by atoms with Crippen LogP contribution < -0.4 is 14.2 Å². The van der Waals surface area contributed by atoms with Gasteiger partial charge in [-0.15, -0.1) is 0 Å². The Balaban J connectivity index is 1.65. The summed E-state index contributed by atoms with van der Waals surface area (Å²) in [6.45, 7) is 2.69. The highest BCUT2D eigenvalue weighted by atomic mass is 32.2. The molecule has 33 heavy (non-hydrogen) atoms. The normalized spacial score (nSPS) is 10.9. The third-order valence-electron chi connectivity index (χ3n) is 4.37. The second kappa shape index (κ2) is 10.6. The highest BCUT2D eigenvalue weighted by Crippen LogP contribution is 2.22. The van der Waals surface area contributed by atoms with Gasteiger partial charge in [0.25, 0.3) is 11.6 Å². The number of hydrogen-bond acceptors (Lipinski definition) is 8. The van der Waals surface area contributed by atoms with Crippen molar-refractivity contribution < 1.29 is 27.1 Å². The molecule has 2 aromatic carbocycles. The summed E-state index contributed by atoms with van der Waals surface area (Å²) in [5, 5.41) is 13.6. The van der Waals surface area contributed by atoms with Crippen LogP contribution in [-0.2, 0) is 16.7 Å². The van der Waals surface area contributed by atoms with Crippen LogP contribution in [0, 0.1) is 10.1 Å². The molecule has 0 spiro atoms. The van der Waals surface area contributed by atoms with Gasteiger partial charge in [-0.2, -0.15) is 8.42 Å². The first-order valence-corrected chi connectivity index (χ1v) is 11.3. The monoisotopic (exact) mass is 471 g/mol. The molecule has 0 saturated heterocycles. The van der Waals surface area contributed by atoms with Gasteiger partial charge < -0.3 is 14.2 Å².